The predicted molar refractivity (Wildman–Crippen MR) is 81.1 cm³/mol. The van der Waals surface area contributed by atoms with Crippen LogP contribution in [0.25, 0.3) is 0 Å². The zero-order valence-corrected chi connectivity index (χ0v) is 14.2. The first-order chi connectivity index (χ1) is 10.7. The first kappa shape index (κ1) is 17.4. The van der Waals surface area contributed by atoms with Crippen LogP contribution in [0.1, 0.15) is 6.92 Å². The van der Waals surface area contributed by atoms with Gasteiger partial charge in [0.05, 0.1) is 45.0 Å². The lowest BCUT2D eigenvalue weighted by molar-refractivity contribution is -0.542. The van der Waals surface area contributed by atoms with Crippen LogP contribution in [-0.2, 0) is 14.8 Å². The third kappa shape index (κ3) is 2.94. The second kappa shape index (κ2) is 6.25. The summed E-state index contributed by atoms with van der Waals surface area (Å²) in [6.45, 7) is 2.79. The van der Waals surface area contributed by atoms with E-state index in [0.717, 1.165) is 4.90 Å². The summed E-state index contributed by atoms with van der Waals surface area (Å²) in [5.41, 5.74) is 0. The molecule has 0 aliphatic carbocycles. The molecule has 0 aromatic rings. The lowest BCUT2D eigenvalue weighted by atomic mass is 10.0. The Morgan fingerprint density at radius 1 is 1.22 bits per heavy atom. The highest BCUT2D eigenvalue weighted by Gasteiger charge is 2.48. The topological polar surface area (TPSA) is 105 Å². The Hall–Kier alpha value is -1.99. The Bertz CT molecular complexity index is 698. The van der Waals surface area contributed by atoms with Crippen molar-refractivity contribution in [1.29, 1.82) is 5.26 Å². The molecule has 2 aliphatic heterocycles. The van der Waals surface area contributed by atoms with Crippen LogP contribution in [-0.4, -0.2) is 90.9 Å². The number of hydrogen-bond acceptors (Lipinski definition) is 5. The van der Waals surface area contributed by atoms with Gasteiger partial charge < -0.3 is 0 Å². The van der Waals surface area contributed by atoms with E-state index in [4.69, 9.17) is 0 Å². The van der Waals surface area contributed by atoms with Crippen LogP contribution in [0.5, 0.6) is 0 Å². The van der Waals surface area contributed by atoms with E-state index in [2.05, 4.69) is 0 Å². The number of nitrogens with zero attached hydrogens (tertiary/aromatic N) is 5. The molecule has 0 radical (unpaired) electrons. The molecule has 23 heavy (non-hydrogen) atoms. The van der Waals surface area contributed by atoms with Gasteiger partial charge in [0.1, 0.15) is 0 Å². The SMILES string of the molecule is CCS(=O)(=O)N1CC[N+](=C2C(C#N)C(=O)N(C)C(=O)N2C)CC1. The Balaban J connectivity index is 2.32. The number of imide groups is 1. The van der Waals surface area contributed by atoms with Gasteiger partial charge in [0, 0.05) is 7.05 Å². The molecule has 0 aromatic heterocycles. The van der Waals surface area contributed by atoms with Crippen molar-refractivity contribution in [3.8, 4) is 6.07 Å². The largest absolute Gasteiger partial charge is 0.417 e. The second-order valence-electron chi connectivity index (χ2n) is 5.45. The minimum Gasteiger partial charge on any atom is -0.272 e. The standard InChI is InChI=1S/C13H20N5O4S/c1-4-23(21,22)18-7-5-17(6-8-18)11-10(9-14)12(19)16(3)13(20)15(11)2/h10H,4-8H2,1-3H3/q+1. The van der Waals surface area contributed by atoms with Crippen molar-refractivity contribution >= 4 is 27.8 Å². The lowest BCUT2D eigenvalue weighted by Gasteiger charge is -2.32. The van der Waals surface area contributed by atoms with Gasteiger partial charge in [-0.1, -0.05) is 0 Å². The van der Waals surface area contributed by atoms with Gasteiger partial charge in [-0.05, 0) is 6.92 Å². The van der Waals surface area contributed by atoms with Crippen molar-refractivity contribution < 1.29 is 22.6 Å². The van der Waals surface area contributed by atoms with E-state index >= 15 is 0 Å². The third-order valence-corrected chi connectivity index (χ3v) is 6.08. The van der Waals surface area contributed by atoms with Crippen LogP contribution in [0.3, 0.4) is 0 Å². The number of hydrogen-bond donors (Lipinski definition) is 0. The lowest BCUT2D eigenvalue weighted by Crippen LogP contribution is -2.60. The molecule has 0 saturated carbocycles. The molecule has 2 rings (SSSR count). The molecule has 1 atom stereocenters. The van der Waals surface area contributed by atoms with Crippen molar-refractivity contribution in [3.05, 3.63) is 0 Å². The highest BCUT2D eigenvalue weighted by Crippen LogP contribution is 2.17. The average Bonchev–Trinajstić information content (AvgIpc) is 2.56. The van der Waals surface area contributed by atoms with Crippen LogP contribution in [0.15, 0.2) is 0 Å². The summed E-state index contributed by atoms with van der Waals surface area (Å²) < 4.78 is 26.9. The molecule has 3 amide bonds. The molecule has 2 heterocycles. The minimum atomic E-state index is -3.26. The van der Waals surface area contributed by atoms with E-state index in [9.17, 15) is 23.3 Å². The average molecular weight is 342 g/mol. The number of urea groups is 1. The summed E-state index contributed by atoms with van der Waals surface area (Å²) >= 11 is 0. The minimum absolute atomic E-state index is 0.0338. The fraction of sp³-hybridized carbons (Fsp3) is 0.692. The fourth-order valence-corrected chi connectivity index (χ4v) is 3.89. The zero-order valence-electron chi connectivity index (χ0n) is 13.4. The summed E-state index contributed by atoms with van der Waals surface area (Å²) in [4.78, 5) is 26.4. The second-order valence-corrected chi connectivity index (χ2v) is 7.70. The van der Waals surface area contributed by atoms with Crippen molar-refractivity contribution in [3.63, 3.8) is 0 Å². The van der Waals surface area contributed by atoms with E-state index < -0.39 is 27.9 Å². The number of carbonyl (C=O) groups excluding carboxylic acids is 2. The van der Waals surface area contributed by atoms with Crippen molar-refractivity contribution in [2.75, 3.05) is 46.0 Å². The number of piperazine rings is 1. The zero-order chi connectivity index (χ0) is 17.4. The number of sulfonamides is 1. The molecule has 0 bridgehead atoms. The maximum absolute atomic E-state index is 12.1. The number of rotatable bonds is 2. The van der Waals surface area contributed by atoms with Crippen LogP contribution < -0.4 is 0 Å². The number of nitriles is 1. The van der Waals surface area contributed by atoms with E-state index in [1.807, 2.05) is 6.07 Å². The number of carbonyl (C=O) groups is 2. The number of amides is 3. The smallest absolute Gasteiger partial charge is 0.272 e. The maximum atomic E-state index is 12.1. The van der Waals surface area contributed by atoms with Crippen LogP contribution >= 0.6 is 0 Å². The van der Waals surface area contributed by atoms with Gasteiger partial charge in [-0.15, -0.1) is 0 Å². The summed E-state index contributed by atoms with van der Waals surface area (Å²) in [6, 6.07) is 1.44. The Kier molecular flexibility index (Phi) is 4.72. The van der Waals surface area contributed by atoms with Gasteiger partial charge in [0.2, 0.25) is 15.9 Å². The molecular formula is C13H20N5O4S+. The first-order valence-electron chi connectivity index (χ1n) is 7.29. The predicted octanol–water partition coefficient (Wildman–Crippen LogP) is -1.27. The summed E-state index contributed by atoms with van der Waals surface area (Å²) in [6.07, 6.45) is 0. The van der Waals surface area contributed by atoms with Crippen molar-refractivity contribution in [1.82, 2.24) is 14.1 Å². The molecule has 2 fully saturated rings. The van der Waals surface area contributed by atoms with Crippen molar-refractivity contribution in [2.24, 2.45) is 5.92 Å². The molecule has 0 spiro atoms. The van der Waals surface area contributed by atoms with Gasteiger partial charge in [0.25, 0.3) is 11.7 Å². The van der Waals surface area contributed by atoms with Gasteiger partial charge in [-0.3, -0.25) is 9.37 Å². The van der Waals surface area contributed by atoms with E-state index in [0.29, 0.717) is 18.9 Å². The molecule has 126 valence electrons. The van der Waals surface area contributed by atoms with Crippen molar-refractivity contribution in [2.45, 2.75) is 6.92 Å². The normalized spacial score (nSPS) is 24.2. The molecule has 10 heteroatoms. The Morgan fingerprint density at radius 2 is 1.78 bits per heavy atom. The van der Waals surface area contributed by atoms with Gasteiger partial charge >= 0.3 is 6.03 Å². The fourth-order valence-electron chi connectivity index (χ4n) is 2.80. The first-order valence-corrected chi connectivity index (χ1v) is 8.90. The summed E-state index contributed by atoms with van der Waals surface area (Å²) in [5, 5.41) is 9.31. The van der Waals surface area contributed by atoms with E-state index in [1.54, 1.807) is 11.5 Å². The van der Waals surface area contributed by atoms with Gasteiger partial charge in [0.15, 0.2) is 0 Å². The van der Waals surface area contributed by atoms with Crippen LogP contribution in [0.4, 0.5) is 4.79 Å². The monoisotopic (exact) mass is 342 g/mol. The Morgan fingerprint density at radius 3 is 2.26 bits per heavy atom. The van der Waals surface area contributed by atoms with Crippen LogP contribution in [0.2, 0.25) is 0 Å². The molecular weight excluding hydrogens is 322 g/mol. The molecule has 2 aliphatic rings. The quantitative estimate of drug-likeness (QED) is 0.582. The van der Waals surface area contributed by atoms with Crippen LogP contribution in [0, 0.1) is 17.2 Å². The molecule has 0 N–H and O–H groups in total. The highest BCUT2D eigenvalue weighted by molar-refractivity contribution is 7.89. The maximum Gasteiger partial charge on any atom is 0.417 e. The summed E-state index contributed by atoms with van der Waals surface area (Å²) in [5.74, 6) is -1.26. The molecule has 0 aromatic carbocycles. The van der Waals surface area contributed by atoms with Gasteiger partial charge in [-0.25, -0.2) is 18.1 Å². The molecule has 1 unspecified atom stereocenters. The highest BCUT2D eigenvalue weighted by atomic mass is 32.2. The van der Waals surface area contributed by atoms with Gasteiger partial charge in [-0.2, -0.15) is 14.5 Å². The van der Waals surface area contributed by atoms with E-state index in [-0.39, 0.29) is 18.8 Å². The number of amidine groups is 1. The van der Waals surface area contributed by atoms with E-state index in [1.165, 1.54) is 23.3 Å². The third-order valence-electron chi connectivity index (χ3n) is 4.20. The summed E-state index contributed by atoms with van der Waals surface area (Å²) in [7, 11) is -0.406. The molecule has 2 saturated heterocycles. The Labute approximate surface area is 135 Å². The molecule has 9 nitrogen and oxygen atoms in total.